The number of hydrogen-bond acceptors (Lipinski definition) is 7. The van der Waals surface area contributed by atoms with Crippen LogP contribution in [0.3, 0.4) is 0 Å². The summed E-state index contributed by atoms with van der Waals surface area (Å²) >= 11 is 1.34. The van der Waals surface area contributed by atoms with Crippen molar-refractivity contribution in [2.45, 2.75) is 13.0 Å². The molecule has 0 unspecified atom stereocenters. The minimum atomic E-state index is -0.0496. The maximum atomic E-state index is 11.6. The normalized spacial score (nSPS) is 14.7. The predicted molar refractivity (Wildman–Crippen MR) is 63.9 cm³/mol. The van der Waals surface area contributed by atoms with Crippen molar-refractivity contribution in [1.29, 1.82) is 0 Å². The molecule has 0 saturated heterocycles. The fourth-order valence-electron chi connectivity index (χ4n) is 1.88. The van der Waals surface area contributed by atoms with Crippen LogP contribution in [0.4, 0.5) is 10.3 Å². The zero-order chi connectivity index (χ0) is 11.8. The zero-order valence-corrected chi connectivity index (χ0v) is 9.70. The van der Waals surface area contributed by atoms with Gasteiger partial charge in [0, 0.05) is 12.1 Å². The number of fused-ring (bicyclic) bond motifs is 1. The van der Waals surface area contributed by atoms with Crippen molar-refractivity contribution < 1.29 is 0 Å². The highest BCUT2D eigenvalue weighted by Gasteiger charge is 2.22. The van der Waals surface area contributed by atoms with E-state index < -0.39 is 0 Å². The SMILES string of the molecule is Nc1nnc(N2CCc3c(nc[nH]c3=O)C2)s1. The number of nitrogens with two attached hydrogens (primary N) is 1. The molecule has 0 bridgehead atoms. The first-order valence-electron chi connectivity index (χ1n) is 5.13. The van der Waals surface area contributed by atoms with Gasteiger partial charge in [-0.25, -0.2) is 4.98 Å². The Bertz CT molecular complexity index is 606. The summed E-state index contributed by atoms with van der Waals surface area (Å²) in [6.45, 7) is 1.31. The molecule has 0 saturated carbocycles. The van der Waals surface area contributed by atoms with Crippen LogP contribution in [-0.2, 0) is 13.0 Å². The molecule has 2 aromatic rings. The molecule has 3 heterocycles. The standard InChI is InChI=1S/C9H10N6OS/c10-8-13-14-9(17-8)15-2-1-5-6(3-15)11-4-12-7(5)16/h4H,1-3H2,(H2,10,13)(H,11,12,16). The fraction of sp³-hybridized carbons (Fsp3) is 0.333. The second-order valence-corrected chi connectivity index (χ2v) is 4.74. The van der Waals surface area contributed by atoms with Crippen LogP contribution in [0, 0.1) is 0 Å². The number of aromatic amines is 1. The van der Waals surface area contributed by atoms with Crippen LogP contribution in [0.1, 0.15) is 11.3 Å². The van der Waals surface area contributed by atoms with Crippen LogP contribution < -0.4 is 16.2 Å². The smallest absolute Gasteiger partial charge is 0.254 e. The second kappa shape index (κ2) is 3.81. The van der Waals surface area contributed by atoms with Crippen molar-refractivity contribution in [2.24, 2.45) is 0 Å². The van der Waals surface area contributed by atoms with Crippen molar-refractivity contribution in [3.8, 4) is 0 Å². The summed E-state index contributed by atoms with van der Waals surface area (Å²) in [5.74, 6) is 0. The van der Waals surface area contributed by atoms with Crippen molar-refractivity contribution in [3.63, 3.8) is 0 Å². The van der Waals surface area contributed by atoms with Crippen LogP contribution in [0.5, 0.6) is 0 Å². The highest BCUT2D eigenvalue weighted by atomic mass is 32.1. The lowest BCUT2D eigenvalue weighted by Gasteiger charge is -2.26. The minimum Gasteiger partial charge on any atom is -0.374 e. The van der Waals surface area contributed by atoms with Crippen LogP contribution in [0.2, 0.25) is 0 Å². The molecule has 3 rings (SSSR count). The maximum absolute atomic E-state index is 11.6. The van der Waals surface area contributed by atoms with Gasteiger partial charge >= 0.3 is 0 Å². The van der Waals surface area contributed by atoms with Gasteiger partial charge in [0.25, 0.3) is 5.56 Å². The van der Waals surface area contributed by atoms with Crippen LogP contribution in [0.25, 0.3) is 0 Å². The van der Waals surface area contributed by atoms with Crippen molar-refractivity contribution in [1.82, 2.24) is 20.2 Å². The van der Waals surface area contributed by atoms with E-state index in [2.05, 4.69) is 20.2 Å². The summed E-state index contributed by atoms with van der Waals surface area (Å²) in [5.41, 5.74) is 7.07. The number of nitrogen functional groups attached to an aromatic ring is 1. The highest BCUT2D eigenvalue weighted by Crippen LogP contribution is 2.25. The molecule has 1 aliphatic heterocycles. The Kier molecular flexibility index (Phi) is 2.29. The molecule has 7 nitrogen and oxygen atoms in total. The van der Waals surface area contributed by atoms with Crippen molar-refractivity contribution >= 4 is 21.6 Å². The first kappa shape index (κ1) is 10.2. The lowest BCUT2D eigenvalue weighted by Crippen LogP contribution is -2.34. The molecular weight excluding hydrogens is 240 g/mol. The van der Waals surface area contributed by atoms with Gasteiger partial charge in [0.05, 0.1) is 18.6 Å². The molecule has 0 aromatic carbocycles. The zero-order valence-electron chi connectivity index (χ0n) is 8.88. The Hall–Kier alpha value is -1.96. The molecule has 0 atom stereocenters. The first-order chi connectivity index (χ1) is 8.24. The van der Waals surface area contributed by atoms with Gasteiger partial charge < -0.3 is 15.6 Å². The number of anilines is 2. The fourth-order valence-corrected chi connectivity index (χ4v) is 2.52. The number of aromatic nitrogens is 4. The number of H-pyrrole nitrogens is 1. The summed E-state index contributed by atoms with van der Waals surface area (Å²) in [4.78, 5) is 20.4. The first-order valence-corrected chi connectivity index (χ1v) is 5.95. The summed E-state index contributed by atoms with van der Waals surface area (Å²) in [5, 5.41) is 8.99. The second-order valence-electron chi connectivity index (χ2n) is 3.75. The van der Waals surface area contributed by atoms with E-state index in [4.69, 9.17) is 5.73 Å². The Labute approximate surface area is 100 Å². The third kappa shape index (κ3) is 1.76. The van der Waals surface area contributed by atoms with Crippen molar-refractivity contribution in [3.05, 3.63) is 27.9 Å². The predicted octanol–water partition coefficient (Wildman–Crippen LogP) is -0.234. The van der Waals surface area contributed by atoms with Gasteiger partial charge in [-0.3, -0.25) is 4.79 Å². The van der Waals surface area contributed by atoms with Crippen LogP contribution in [0.15, 0.2) is 11.1 Å². The number of rotatable bonds is 1. The molecule has 0 spiro atoms. The Morgan fingerprint density at radius 3 is 3.12 bits per heavy atom. The Balaban J connectivity index is 1.93. The van der Waals surface area contributed by atoms with E-state index in [-0.39, 0.29) is 5.56 Å². The Morgan fingerprint density at radius 2 is 2.35 bits per heavy atom. The molecule has 0 radical (unpaired) electrons. The van der Waals surface area contributed by atoms with Gasteiger partial charge in [0.15, 0.2) is 0 Å². The molecule has 0 amide bonds. The van der Waals surface area contributed by atoms with E-state index in [1.165, 1.54) is 17.7 Å². The van der Waals surface area contributed by atoms with E-state index in [1.54, 1.807) is 0 Å². The molecule has 1 aliphatic rings. The van der Waals surface area contributed by atoms with E-state index in [0.29, 0.717) is 18.1 Å². The van der Waals surface area contributed by atoms with Gasteiger partial charge in [-0.1, -0.05) is 11.3 Å². The van der Waals surface area contributed by atoms with E-state index >= 15 is 0 Å². The molecule has 0 fully saturated rings. The average Bonchev–Trinajstić information content (AvgIpc) is 2.76. The van der Waals surface area contributed by atoms with Gasteiger partial charge in [0.2, 0.25) is 10.3 Å². The highest BCUT2D eigenvalue weighted by molar-refractivity contribution is 7.18. The van der Waals surface area contributed by atoms with Crippen LogP contribution >= 0.6 is 11.3 Å². The minimum absolute atomic E-state index is 0.0496. The number of nitrogens with zero attached hydrogens (tertiary/aromatic N) is 4. The quantitative estimate of drug-likeness (QED) is 0.724. The summed E-state index contributed by atoms with van der Waals surface area (Å²) in [6.07, 6.45) is 2.09. The summed E-state index contributed by atoms with van der Waals surface area (Å²) in [7, 11) is 0. The molecule has 2 aromatic heterocycles. The number of nitrogens with one attached hydrogen (secondary N) is 1. The van der Waals surface area contributed by atoms with Crippen molar-refractivity contribution in [2.75, 3.05) is 17.2 Å². The largest absolute Gasteiger partial charge is 0.374 e. The molecule has 3 N–H and O–H groups in total. The summed E-state index contributed by atoms with van der Waals surface area (Å²) in [6, 6.07) is 0. The lowest BCUT2D eigenvalue weighted by atomic mass is 10.1. The van der Waals surface area contributed by atoms with Gasteiger partial charge in [-0.05, 0) is 6.42 Å². The molecule has 0 aliphatic carbocycles. The molecular formula is C9H10N6OS. The lowest BCUT2D eigenvalue weighted by molar-refractivity contribution is 0.691. The van der Waals surface area contributed by atoms with E-state index in [9.17, 15) is 4.79 Å². The van der Waals surface area contributed by atoms with E-state index in [1.807, 2.05) is 4.90 Å². The monoisotopic (exact) mass is 250 g/mol. The third-order valence-corrected chi connectivity index (χ3v) is 3.52. The van der Waals surface area contributed by atoms with Gasteiger partial charge in [-0.15, -0.1) is 10.2 Å². The topological polar surface area (TPSA) is 101 Å². The van der Waals surface area contributed by atoms with E-state index in [0.717, 1.165) is 22.9 Å². The summed E-state index contributed by atoms with van der Waals surface area (Å²) < 4.78 is 0. The van der Waals surface area contributed by atoms with Gasteiger partial charge in [0.1, 0.15) is 0 Å². The van der Waals surface area contributed by atoms with Crippen LogP contribution in [-0.4, -0.2) is 26.7 Å². The number of hydrogen-bond donors (Lipinski definition) is 2. The third-order valence-electron chi connectivity index (χ3n) is 2.71. The molecule has 8 heteroatoms. The molecule has 17 heavy (non-hydrogen) atoms. The van der Waals surface area contributed by atoms with Gasteiger partial charge in [-0.2, -0.15) is 0 Å². The average molecular weight is 250 g/mol. The maximum Gasteiger partial charge on any atom is 0.254 e. The Morgan fingerprint density at radius 1 is 1.47 bits per heavy atom. The molecule has 88 valence electrons.